The lowest BCUT2D eigenvalue weighted by molar-refractivity contribution is -0.124. The van der Waals surface area contributed by atoms with E-state index in [1.807, 2.05) is 20.8 Å². The van der Waals surface area contributed by atoms with E-state index in [1.54, 1.807) is 0 Å². The van der Waals surface area contributed by atoms with Crippen LogP contribution in [0.2, 0.25) is 0 Å². The largest absolute Gasteiger partial charge is 0.476 e. The van der Waals surface area contributed by atoms with Gasteiger partial charge in [-0.05, 0) is 32.9 Å². The van der Waals surface area contributed by atoms with Crippen LogP contribution in [0.25, 0.3) is 12.3 Å². The van der Waals surface area contributed by atoms with Gasteiger partial charge in [0.25, 0.3) is 5.91 Å². The number of carboxylic acids is 1. The Bertz CT molecular complexity index is 666. The van der Waals surface area contributed by atoms with E-state index in [0.29, 0.717) is 11.6 Å². The summed E-state index contributed by atoms with van der Waals surface area (Å²) in [5, 5.41) is 20.8. The molecular formula is C15H20N4O4. The van der Waals surface area contributed by atoms with Gasteiger partial charge >= 0.3 is 5.97 Å². The molecule has 1 aromatic heterocycles. The first-order chi connectivity index (χ1) is 10.7. The number of carbonyl (C=O) groups excluding carboxylic acids is 1. The molecule has 1 aromatic rings. The van der Waals surface area contributed by atoms with Crippen LogP contribution in [0.15, 0.2) is 24.8 Å². The quantitative estimate of drug-likeness (QED) is 0.275. The van der Waals surface area contributed by atoms with E-state index >= 15 is 0 Å². The molecule has 0 atom stereocenters. The van der Waals surface area contributed by atoms with Crippen molar-refractivity contribution in [2.24, 2.45) is 0 Å². The van der Waals surface area contributed by atoms with Crippen LogP contribution in [0.3, 0.4) is 0 Å². The second kappa shape index (κ2) is 7.41. The van der Waals surface area contributed by atoms with Crippen LogP contribution in [-0.2, 0) is 4.79 Å². The summed E-state index contributed by atoms with van der Waals surface area (Å²) >= 11 is 0. The Morgan fingerprint density at radius 2 is 1.96 bits per heavy atom. The molecule has 23 heavy (non-hydrogen) atoms. The lowest BCUT2D eigenvalue weighted by Crippen LogP contribution is -2.28. The third-order valence-electron chi connectivity index (χ3n) is 2.52. The highest BCUT2D eigenvalue weighted by Gasteiger charge is 2.23. The molecule has 0 unspecified atom stereocenters. The number of amides is 1. The zero-order valence-corrected chi connectivity index (χ0v) is 13.2. The lowest BCUT2D eigenvalue weighted by Gasteiger charge is -2.22. The average Bonchev–Trinajstić information content (AvgIpc) is 2.79. The molecule has 8 nitrogen and oxygen atoms in total. The number of hydrogen-bond donors (Lipinski definition) is 4. The molecule has 1 heterocycles. The first-order valence-electron chi connectivity index (χ1n) is 6.74. The molecule has 0 fully saturated rings. The smallest absolute Gasteiger partial charge is 0.358 e. The second-order valence-corrected chi connectivity index (χ2v) is 5.60. The Morgan fingerprint density at radius 3 is 2.43 bits per heavy atom. The Kier molecular flexibility index (Phi) is 5.86. The van der Waals surface area contributed by atoms with Crippen molar-refractivity contribution < 1.29 is 19.9 Å². The standard InChI is InChI=1S/C15H20N4O4/c1-5-10-16-12(14(21)22)13(17-15(2,3)4)19(10)9-7-6-8-11(20)18-23/h5-9,17,23H,1H2,2-4H3,(H,18,20)(H,21,22). The molecule has 1 amide bonds. The minimum Gasteiger partial charge on any atom is -0.476 e. The van der Waals surface area contributed by atoms with Crippen LogP contribution in [0, 0.1) is 0 Å². The summed E-state index contributed by atoms with van der Waals surface area (Å²) < 4.78 is 1.52. The Hall–Kier alpha value is -2.87. The first-order valence-corrected chi connectivity index (χ1v) is 6.74. The van der Waals surface area contributed by atoms with Crippen molar-refractivity contribution in [2.75, 3.05) is 5.32 Å². The molecule has 8 heteroatoms. The highest BCUT2D eigenvalue weighted by Crippen LogP contribution is 2.23. The number of nitrogens with one attached hydrogen (secondary N) is 2. The zero-order chi connectivity index (χ0) is 17.6. The van der Waals surface area contributed by atoms with Crippen molar-refractivity contribution in [1.29, 1.82) is 0 Å². The van der Waals surface area contributed by atoms with Gasteiger partial charge in [-0.1, -0.05) is 12.7 Å². The Labute approximate surface area is 133 Å². The van der Waals surface area contributed by atoms with E-state index < -0.39 is 11.9 Å². The van der Waals surface area contributed by atoms with Crippen LogP contribution in [0.1, 0.15) is 37.1 Å². The molecule has 1 rings (SSSR count). The number of allylic oxidation sites excluding steroid dienone is 2. The molecule has 0 radical (unpaired) electrons. The average molecular weight is 320 g/mol. The maximum absolute atomic E-state index is 11.4. The minimum atomic E-state index is -1.16. The molecule has 0 saturated carbocycles. The van der Waals surface area contributed by atoms with Gasteiger partial charge in [0.1, 0.15) is 11.6 Å². The summed E-state index contributed by atoms with van der Waals surface area (Å²) in [6.45, 7) is 9.28. The van der Waals surface area contributed by atoms with E-state index in [0.717, 1.165) is 6.08 Å². The fraction of sp³-hybridized carbons (Fsp3) is 0.267. The van der Waals surface area contributed by atoms with Crippen LogP contribution >= 0.6 is 0 Å². The number of carbonyl (C=O) groups is 2. The number of anilines is 1. The van der Waals surface area contributed by atoms with Crippen LogP contribution in [-0.4, -0.2) is 37.3 Å². The van der Waals surface area contributed by atoms with E-state index in [9.17, 15) is 14.7 Å². The van der Waals surface area contributed by atoms with Crippen molar-refractivity contribution in [3.05, 3.63) is 36.3 Å². The zero-order valence-electron chi connectivity index (χ0n) is 13.2. The Balaban J connectivity index is 3.29. The molecule has 0 aliphatic rings. The third kappa shape index (κ3) is 5.11. The van der Waals surface area contributed by atoms with E-state index in [2.05, 4.69) is 16.9 Å². The number of hydrogen-bond acceptors (Lipinski definition) is 5. The maximum atomic E-state index is 11.4. The van der Waals surface area contributed by atoms with E-state index in [1.165, 1.54) is 34.5 Å². The van der Waals surface area contributed by atoms with E-state index in [-0.39, 0.29) is 11.2 Å². The molecular weight excluding hydrogens is 300 g/mol. The number of aromatic carboxylic acids is 1. The molecule has 4 N–H and O–H groups in total. The van der Waals surface area contributed by atoms with Crippen molar-refractivity contribution >= 4 is 30.0 Å². The summed E-state index contributed by atoms with van der Waals surface area (Å²) in [5.41, 5.74) is 0.946. The van der Waals surface area contributed by atoms with Gasteiger partial charge in [0.2, 0.25) is 0 Å². The SMILES string of the molecule is C=Cc1nc(C(=O)O)c(NC(C)(C)C)n1C=CC=CC(=O)NO. The summed E-state index contributed by atoms with van der Waals surface area (Å²) in [5.74, 6) is -1.20. The normalized spacial score (nSPS) is 11.8. The highest BCUT2D eigenvalue weighted by atomic mass is 16.5. The van der Waals surface area contributed by atoms with Gasteiger partial charge in [0.05, 0.1) is 0 Å². The predicted octanol–water partition coefficient (Wildman–Crippen LogP) is 1.97. The van der Waals surface area contributed by atoms with Gasteiger partial charge < -0.3 is 10.4 Å². The van der Waals surface area contributed by atoms with Gasteiger partial charge in [-0.2, -0.15) is 0 Å². The summed E-state index contributed by atoms with van der Waals surface area (Å²) in [7, 11) is 0. The second-order valence-electron chi connectivity index (χ2n) is 5.60. The number of imidazole rings is 1. The molecule has 0 bridgehead atoms. The number of rotatable bonds is 6. The van der Waals surface area contributed by atoms with Crippen molar-refractivity contribution in [3.8, 4) is 0 Å². The Morgan fingerprint density at radius 1 is 1.30 bits per heavy atom. The number of carboxylic acid groups (broad SMARTS) is 1. The van der Waals surface area contributed by atoms with Gasteiger partial charge in [-0.3, -0.25) is 14.6 Å². The first kappa shape index (κ1) is 18.2. The predicted molar refractivity (Wildman–Crippen MR) is 87.1 cm³/mol. The molecule has 0 aromatic carbocycles. The molecule has 124 valence electrons. The number of nitrogens with zero attached hydrogens (tertiary/aromatic N) is 2. The summed E-state index contributed by atoms with van der Waals surface area (Å²) in [6, 6.07) is 0. The molecule has 0 aliphatic heterocycles. The fourth-order valence-corrected chi connectivity index (χ4v) is 1.68. The number of hydroxylamine groups is 1. The lowest BCUT2D eigenvalue weighted by atomic mass is 10.1. The summed E-state index contributed by atoms with van der Waals surface area (Å²) in [6.07, 6.45) is 6.96. The minimum absolute atomic E-state index is 0.128. The van der Waals surface area contributed by atoms with E-state index in [4.69, 9.17) is 5.21 Å². The van der Waals surface area contributed by atoms with Gasteiger partial charge in [-0.15, -0.1) is 0 Å². The fourth-order valence-electron chi connectivity index (χ4n) is 1.68. The van der Waals surface area contributed by atoms with Crippen molar-refractivity contribution in [2.45, 2.75) is 26.3 Å². The maximum Gasteiger partial charge on any atom is 0.358 e. The third-order valence-corrected chi connectivity index (χ3v) is 2.52. The topological polar surface area (TPSA) is 116 Å². The van der Waals surface area contributed by atoms with Crippen molar-refractivity contribution in [3.63, 3.8) is 0 Å². The highest BCUT2D eigenvalue weighted by molar-refractivity contribution is 5.92. The van der Waals surface area contributed by atoms with Gasteiger partial charge in [0.15, 0.2) is 5.69 Å². The van der Waals surface area contributed by atoms with Crippen LogP contribution < -0.4 is 10.8 Å². The van der Waals surface area contributed by atoms with Gasteiger partial charge in [0, 0.05) is 17.8 Å². The summed E-state index contributed by atoms with van der Waals surface area (Å²) in [4.78, 5) is 26.3. The molecule has 0 spiro atoms. The van der Waals surface area contributed by atoms with Crippen molar-refractivity contribution in [1.82, 2.24) is 15.0 Å². The van der Waals surface area contributed by atoms with Crippen LogP contribution in [0.4, 0.5) is 5.82 Å². The molecule has 0 aliphatic carbocycles. The number of aromatic nitrogens is 2. The van der Waals surface area contributed by atoms with Gasteiger partial charge in [-0.25, -0.2) is 15.3 Å². The van der Waals surface area contributed by atoms with Crippen LogP contribution in [0.5, 0.6) is 0 Å². The molecule has 0 saturated heterocycles. The monoisotopic (exact) mass is 320 g/mol.